The van der Waals surface area contributed by atoms with Crippen molar-refractivity contribution in [2.75, 3.05) is 6.61 Å². The van der Waals surface area contributed by atoms with Gasteiger partial charge in [0.2, 0.25) is 20.0 Å². The number of rotatable bonds is 11. The van der Waals surface area contributed by atoms with Gasteiger partial charge in [0.05, 0.1) is 33.4 Å². The van der Waals surface area contributed by atoms with Crippen molar-refractivity contribution in [3.05, 3.63) is 134 Å². The molecule has 17 nitrogen and oxygen atoms in total. The van der Waals surface area contributed by atoms with Crippen LogP contribution < -0.4 is 24.5 Å². The summed E-state index contributed by atoms with van der Waals surface area (Å²) < 4.78 is 154. The topological polar surface area (TPSA) is 263 Å². The van der Waals surface area contributed by atoms with E-state index >= 15 is 0 Å². The van der Waals surface area contributed by atoms with Gasteiger partial charge in [-0.3, -0.25) is 19.6 Å². The van der Waals surface area contributed by atoms with Crippen LogP contribution in [-0.2, 0) is 62.3 Å². The number of benzene rings is 4. The zero-order chi connectivity index (χ0) is 46.0. The van der Waals surface area contributed by atoms with Crippen molar-refractivity contribution in [3.63, 3.8) is 0 Å². The molecule has 0 fully saturated rings. The summed E-state index contributed by atoms with van der Waals surface area (Å²) in [7, 11) is -19.1. The van der Waals surface area contributed by atoms with Crippen LogP contribution in [0.2, 0.25) is 0 Å². The van der Waals surface area contributed by atoms with Crippen LogP contribution in [0.4, 0.5) is 13.2 Å². The second-order valence-electron chi connectivity index (χ2n) is 13.9. The number of carbonyl (C=O) groups excluding carboxylic acids is 2. The highest BCUT2D eigenvalue weighted by molar-refractivity contribution is 8.05. The van der Waals surface area contributed by atoms with Crippen molar-refractivity contribution in [1.29, 1.82) is 0 Å². The third kappa shape index (κ3) is 9.02. The molecule has 0 bridgehead atoms. The molecule has 0 spiro atoms. The number of carbonyl (C=O) groups is 2. The predicted octanol–water partition coefficient (Wildman–Crippen LogP) is 4.12. The number of sulfonamides is 4. The van der Waals surface area contributed by atoms with Crippen LogP contribution in [-0.4, -0.2) is 62.1 Å². The Bertz CT molecular complexity index is 3110. The number of hydrogen-bond donors (Lipinski definition) is 4. The summed E-state index contributed by atoms with van der Waals surface area (Å²) in [6.45, 7) is 3.19. The molecule has 7 rings (SSSR count). The number of allylic oxidation sites excluding steroid dienone is 2. The molecule has 2 atom stereocenters. The van der Waals surface area contributed by atoms with Gasteiger partial charge in [0.1, 0.15) is 36.1 Å². The van der Waals surface area contributed by atoms with E-state index in [0.717, 1.165) is 77.6 Å². The van der Waals surface area contributed by atoms with Crippen LogP contribution >= 0.6 is 23.5 Å². The number of hydrogen-bond acceptors (Lipinski definition) is 15. The fourth-order valence-electron chi connectivity index (χ4n) is 6.91. The van der Waals surface area contributed by atoms with E-state index in [1.807, 2.05) is 9.44 Å². The zero-order valence-electron chi connectivity index (χ0n) is 32.4. The lowest BCUT2D eigenvalue weighted by molar-refractivity contribution is -0.137. The molecule has 0 aromatic heterocycles. The third-order valence-electron chi connectivity index (χ3n) is 9.76. The number of primary sulfonamides is 2. The first-order chi connectivity index (χ1) is 29.3. The number of fused-ring (bicyclic) bond motifs is 1. The van der Waals surface area contributed by atoms with E-state index in [1.165, 1.54) is 48.1 Å². The van der Waals surface area contributed by atoms with Crippen LogP contribution in [0.1, 0.15) is 46.8 Å². The Morgan fingerprint density at radius 3 is 1.49 bits per heavy atom. The molecule has 334 valence electrons. The number of thioether (sulfide) groups is 2. The van der Waals surface area contributed by atoms with Crippen LogP contribution in [0, 0.1) is 0 Å². The highest BCUT2D eigenvalue weighted by Gasteiger charge is 2.47. The number of alkyl halides is 3. The molecule has 0 saturated carbocycles. The average Bonchev–Trinajstić information content (AvgIpc) is 3.91. The number of nitrogens with zero attached hydrogens (tertiary/aromatic N) is 2. The summed E-state index contributed by atoms with van der Waals surface area (Å²) in [4.78, 5) is 24.5. The average molecular weight is 987 g/mol. The van der Waals surface area contributed by atoms with Gasteiger partial charge in [0, 0.05) is 6.42 Å². The highest BCUT2D eigenvalue weighted by Crippen LogP contribution is 2.57. The molecule has 63 heavy (non-hydrogen) atoms. The van der Waals surface area contributed by atoms with Gasteiger partial charge < -0.3 is 4.74 Å². The van der Waals surface area contributed by atoms with Crippen molar-refractivity contribution in [3.8, 4) is 5.75 Å². The Balaban J connectivity index is 1.36. The molecule has 3 heterocycles. The lowest BCUT2D eigenvalue weighted by Gasteiger charge is -2.41. The van der Waals surface area contributed by atoms with Crippen molar-refractivity contribution >= 4 is 75.4 Å². The van der Waals surface area contributed by atoms with Gasteiger partial charge in [-0.15, -0.1) is 0 Å². The third-order valence-corrected chi connectivity index (χ3v) is 17.6. The van der Waals surface area contributed by atoms with Gasteiger partial charge in [-0.1, -0.05) is 66.0 Å². The van der Waals surface area contributed by atoms with Gasteiger partial charge in [-0.2, -0.15) is 13.2 Å². The quantitative estimate of drug-likeness (QED) is 0.165. The molecular formula is C37H33F3N6O11S6. The van der Waals surface area contributed by atoms with Crippen LogP contribution in [0.25, 0.3) is 0 Å². The monoisotopic (exact) mass is 986 g/mol. The van der Waals surface area contributed by atoms with E-state index in [-0.39, 0.29) is 26.8 Å². The number of nitrogens with one attached hydrogen (secondary N) is 2. The molecule has 4 aromatic carbocycles. The first kappa shape index (κ1) is 45.9. The van der Waals surface area contributed by atoms with E-state index in [0.29, 0.717) is 24.3 Å². The SMILES string of the molecule is CC1=C(C(=O)NS(=O)(=O)c2ccccc2S(N)(=O)=O)SC(c2ccc(C(F)(F)F)cc2)N1N1C(C)=C(C(=O)NS(=O)(=O)c2ccccc2S(N)(=O)=O)SC1c1ccc2c(c1)CCO2. The van der Waals surface area contributed by atoms with Crippen molar-refractivity contribution in [2.24, 2.45) is 10.3 Å². The lowest BCUT2D eigenvalue weighted by atomic mass is 10.1. The number of nitrogens with two attached hydrogens (primary N) is 2. The number of amides is 2. The highest BCUT2D eigenvalue weighted by atomic mass is 32.2. The Labute approximate surface area is 367 Å². The first-order valence-electron chi connectivity index (χ1n) is 17.9. The standard InChI is InChI=1S/C37H33F3N6O11S6/c1-20-31(33(47)43-62(53,54)29-9-5-3-7-27(29)60(41,49)50)58-35(22-11-14-25(15-12-22)37(38,39)40)45(20)46-21(2)32(59-36(46)24-13-16-26-23(19-24)17-18-57-26)34(48)44-63(55,56)30-10-6-4-8-28(30)61(42,51)52/h3-16,19,35-36H,17-18H2,1-2H3,(H,43,47)(H,44,48)(H2,41,49,50)(H2,42,51,52). The van der Waals surface area contributed by atoms with Gasteiger partial charge in [-0.25, -0.2) is 53.4 Å². The molecule has 0 aliphatic carbocycles. The minimum absolute atomic E-state index is 0.00290. The molecule has 0 radical (unpaired) electrons. The summed E-state index contributed by atoms with van der Waals surface area (Å²) in [5, 5.41) is 11.3. The minimum atomic E-state index is -4.96. The maximum absolute atomic E-state index is 14.1. The molecule has 4 aromatic rings. The minimum Gasteiger partial charge on any atom is -0.493 e. The van der Waals surface area contributed by atoms with E-state index in [2.05, 4.69) is 0 Å². The molecular weight excluding hydrogens is 954 g/mol. The van der Waals surface area contributed by atoms with E-state index in [4.69, 9.17) is 15.0 Å². The largest absolute Gasteiger partial charge is 0.493 e. The number of ether oxygens (including phenoxy) is 1. The predicted molar refractivity (Wildman–Crippen MR) is 223 cm³/mol. The van der Waals surface area contributed by atoms with Crippen molar-refractivity contribution in [2.45, 2.75) is 56.8 Å². The van der Waals surface area contributed by atoms with E-state index in [1.54, 1.807) is 18.2 Å². The Morgan fingerprint density at radius 1 is 0.651 bits per heavy atom. The maximum atomic E-state index is 14.1. The maximum Gasteiger partial charge on any atom is 0.416 e. The smallest absolute Gasteiger partial charge is 0.416 e. The Morgan fingerprint density at radius 2 is 1.06 bits per heavy atom. The normalized spacial score (nSPS) is 18.4. The van der Waals surface area contributed by atoms with Crippen molar-refractivity contribution in [1.82, 2.24) is 19.5 Å². The summed E-state index contributed by atoms with van der Waals surface area (Å²) in [5.41, 5.74) is 0.497. The molecule has 0 saturated heterocycles. The molecule has 2 unspecified atom stereocenters. The van der Waals surface area contributed by atoms with Crippen LogP contribution in [0.15, 0.2) is 132 Å². The molecule has 6 N–H and O–H groups in total. The Kier molecular flexibility index (Phi) is 12.0. The Hall–Kier alpha value is -5.09. The van der Waals surface area contributed by atoms with Gasteiger partial charge in [0.25, 0.3) is 31.9 Å². The molecule has 3 aliphatic heterocycles. The fourth-order valence-corrected chi connectivity index (χ4v) is 14.3. The molecule has 26 heteroatoms. The second-order valence-corrected chi connectivity index (χ2v) is 22.4. The summed E-state index contributed by atoms with van der Waals surface area (Å²) in [5.74, 6) is -1.90. The van der Waals surface area contributed by atoms with Crippen LogP contribution in [0.3, 0.4) is 0 Å². The van der Waals surface area contributed by atoms with Crippen molar-refractivity contribution < 1.29 is 61.2 Å². The van der Waals surface area contributed by atoms with Gasteiger partial charge in [0.15, 0.2) is 0 Å². The molecule has 2 amide bonds. The summed E-state index contributed by atoms with van der Waals surface area (Å²) >= 11 is 1.57. The lowest BCUT2D eigenvalue weighted by Crippen LogP contribution is -2.40. The van der Waals surface area contributed by atoms with E-state index < -0.39 is 94.0 Å². The van der Waals surface area contributed by atoms with Crippen LogP contribution in [0.5, 0.6) is 5.75 Å². The summed E-state index contributed by atoms with van der Waals surface area (Å²) in [6, 6.07) is 17.6. The first-order valence-corrected chi connectivity index (χ1v) is 25.8. The second kappa shape index (κ2) is 16.5. The number of hydrazine groups is 1. The fraction of sp³-hybridized carbons (Fsp3) is 0.189. The summed E-state index contributed by atoms with van der Waals surface area (Å²) in [6.07, 6.45) is -4.23. The van der Waals surface area contributed by atoms with Gasteiger partial charge >= 0.3 is 6.18 Å². The van der Waals surface area contributed by atoms with Gasteiger partial charge in [-0.05, 0) is 79.1 Å². The zero-order valence-corrected chi connectivity index (χ0v) is 37.3. The van der Waals surface area contributed by atoms with E-state index in [9.17, 15) is 56.4 Å². The molecule has 3 aliphatic rings. The number of halogens is 3.